The summed E-state index contributed by atoms with van der Waals surface area (Å²) in [7, 11) is -3.71. The molecule has 2 heterocycles. The molecular formula is C19H23BrN2O4S2. The van der Waals surface area contributed by atoms with E-state index < -0.39 is 10.0 Å². The molecule has 1 aliphatic heterocycles. The molecule has 9 heteroatoms. The van der Waals surface area contributed by atoms with Gasteiger partial charge in [0.2, 0.25) is 10.0 Å². The Kier molecular flexibility index (Phi) is 6.93. The van der Waals surface area contributed by atoms with E-state index in [9.17, 15) is 13.2 Å². The number of nitrogens with zero attached hydrogens (tertiary/aromatic N) is 1. The molecule has 0 spiro atoms. The third-order valence-corrected chi connectivity index (χ3v) is 8.43. The molecule has 2 aromatic rings. The Labute approximate surface area is 178 Å². The van der Waals surface area contributed by atoms with E-state index in [4.69, 9.17) is 4.74 Å². The van der Waals surface area contributed by atoms with Crippen LogP contribution in [0, 0.1) is 5.92 Å². The molecule has 1 amide bonds. The smallest absolute Gasteiger partial charge is 0.251 e. The van der Waals surface area contributed by atoms with E-state index in [1.54, 1.807) is 23.5 Å². The quantitative estimate of drug-likeness (QED) is 0.675. The number of amides is 1. The molecule has 28 heavy (non-hydrogen) atoms. The third-order valence-electron chi connectivity index (χ3n) is 4.58. The molecule has 1 atom stereocenters. The van der Waals surface area contributed by atoms with E-state index in [0.29, 0.717) is 36.3 Å². The second-order valence-electron chi connectivity index (χ2n) is 6.87. The summed E-state index contributed by atoms with van der Waals surface area (Å²) in [6, 6.07) is 8.49. The number of benzene rings is 1. The van der Waals surface area contributed by atoms with Crippen molar-refractivity contribution in [2.75, 3.05) is 26.3 Å². The number of rotatable bonds is 6. The molecule has 1 N–H and O–H groups in total. The molecule has 3 rings (SSSR count). The number of nitrogens with one attached hydrogen (secondary N) is 1. The van der Waals surface area contributed by atoms with Gasteiger partial charge >= 0.3 is 0 Å². The third kappa shape index (κ3) is 4.65. The fourth-order valence-corrected chi connectivity index (χ4v) is 6.34. The van der Waals surface area contributed by atoms with Crippen LogP contribution >= 0.6 is 27.3 Å². The topological polar surface area (TPSA) is 75.7 Å². The average molecular weight is 487 g/mol. The Bertz CT molecular complexity index is 923. The van der Waals surface area contributed by atoms with E-state index in [-0.39, 0.29) is 22.8 Å². The standard InChI is InChI=1S/C19H23BrN2O4S2/c1-13(2)18(16-4-3-11-27-16)21-19(23)14-5-6-15(20)17(12-14)28(24,25)22-7-9-26-10-8-22/h3-6,11-13,18H,7-10H2,1-2H3,(H,21,23). The van der Waals surface area contributed by atoms with Gasteiger partial charge in [0, 0.05) is 28.0 Å². The molecule has 6 nitrogen and oxygen atoms in total. The Morgan fingerprint density at radius 1 is 1.25 bits per heavy atom. The highest BCUT2D eigenvalue weighted by atomic mass is 79.9. The van der Waals surface area contributed by atoms with Gasteiger partial charge in [0.15, 0.2) is 0 Å². The molecule has 0 saturated carbocycles. The number of halogens is 1. The van der Waals surface area contributed by atoms with Crippen LogP contribution in [0.4, 0.5) is 0 Å². The molecule has 0 aliphatic carbocycles. The van der Waals surface area contributed by atoms with Gasteiger partial charge in [-0.1, -0.05) is 19.9 Å². The number of hydrogen-bond acceptors (Lipinski definition) is 5. The molecular weight excluding hydrogens is 464 g/mol. The SMILES string of the molecule is CC(C)C(NC(=O)c1ccc(Br)c(S(=O)(=O)N2CCOCC2)c1)c1cccs1. The van der Waals surface area contributed by atoms with Crippen LogP contribution in [0.15, 0.2) is 45.1 Å². The van der Waals surface area contributed by atoms with Crippen molar-refractivity contribution >= 4 is 43.2 Å². The first-order chi connectivity index (χ1) is 13.3. The second-order valence-corrected chi connectivity index (χ2v) is 10.6. The van der Waals surface area contributed by atoms with Crippen molar-refractivity contribution in [2.24, 2.45) is 5.92 Å². The van der Waals surface area contributed by atoms with Crippen molar-refractivity contribution in [3.8, 4) is 0 Å². The maximum Gasteiger partial charge on any atom is 0.251 e. The fraction of sp³-hybridized carbons (Fsp3) is 0.421. The Morgan fingerprint density at radius 2 is 1.96 bits per heavy atom. The molecule has 1 aromatic heterocycles. The number of ether oxygens (including phenoxy) is 1. The van der Waals surface area contributed by atoms with Gasteiger partial charge < -0.3 is 10.1 Å². The van der Waals surface area contributed by atoms with Gasteiger partial charge in [0.25, 0.3) is 5.91 Å². The number of carbonyl (C=O) groups excluding carboxylic acids is 1. The molecule has 152 valence electrons. The van der Waals surface area contributed by atoms with Crippen molar-refractivity contribution in [1.29, 1.82) is 0 Å². The summed E-state index contributed by atoms with van der Waals surface area (Å²) < 4.78 is 33.1. The van der Waals surface area contributed by atoms with Crippen LogP contribution in [0.3, 0.4) is 0 Å². The summed E-state index contributed by atoms with van der Waals surface area (Å²) in [5.41, 5.74) is 0.317. The van der Waals surface area contributed by atoms with Crippen molar-refractivity contribution in [3.63, 3.8) is 0 Å². The maximum atomic E-state index is 13.0. The summed E-state index contributed by atoms with van der Waals surface area (Å²) >= 11 is 4.91. The van der Waals surface area contributed by atoms with Crippen LogP contribution < -0.4 is 5.32 Å². The van der Waals surface area contributed by atoms with Gasteiger partial charge in [-0.15, -0.1) is 11.3 Å². The van der Waals surface area contributed by atoms with Gasteiger partial charge in [-0.3, -0.25) is 4.79 Å². The van der Waals surface area contributed by atoms with Crippen LogP contribution in [-0.4, -0.2) is 44.9 Å². The highest BCUT2D eigenvalue weighted by molar-refractivity contribution is 9.10. The van der Waals surface area contributed by atoms with Gasteiger partial charge in [-0.05, 0) is 51.5 Å². The molecule has 1 saturated heterocycles. The zero-order chi connectivity index (χ0) is 20.3. The molecule has 1 aromatic carbocycles. The van der Waals surface area contributed by atoms with Crippen LogP contribution in [-0.2, 0) is 14.8 Å². The molecule has 1 aliphatic rings. The van der Waals surface area contributed by atoms with Gasteiger partial charge in [0.05, 0.1) is 24.2 Å². The van der Waals surface area contributed by atoms with E-state index in [1.807, 2.05) is 31.4 Å². The highest BCUT2D eigenvalue weighted by Gasteiger charge is 2.29. The molecule has 1 fully saturated rings. The maximum absolute atomic E-state index is 13.0. The summed E-state index contributed by atoms with van der Waals surface area (Å²) in [5.74, 6) is -0.0902. The second kappa shape index (κ2) is 9.04. The predicted octanol–water partition coefficient (Wildman–Crippen LogP) is 3.66. The first-order valence-corrected chi connectivity index (χ1v) is 12.1. The predicted molar refractivity (Wildman–Crippen MR) is 113 cm³/mol. The Morgan fingerprint density at radius 3 is 2.57 bits per heavy atom. The molecule has 0 radical (unpaired) electrons. The normalized spacial score (nSPS) is 16.9. The van der Waals surface area contributed by atoms with Gasteiger partial charge in [0.1, 0.15) is 0 Å². The minimum Gasteiger partial charge on any atom is -0.379 e. The zero-order valence-electron chi connectivity index (χ0n) is 15.7. The van der Waals surface area contributed by atoms with Crippen LogP contribution in [0.2, 0.25) is 0 Å². The molecule has 0 bridgehead atoms. The first kappa shape index (κ1) is 21.4. The minimum absolute atomic E-state index is 0.0965. The van der Waals surface area contributed by atoms with Crippen molar-refractivity contribution in [1.82, 2.24) is 9.62 Å². The average Bonchev–Trinajstić information content (AvgIpc) is 3.21. The van der Waals surface area contributed by atoms with E-state index in [2.05, 4.69) is 21.2 Å². The summed E-state index contributed by atoms with van der Waals surface area (Å²) in [5, 5.41) is 5.02. The molecule has 1 unspecified atom stereocenters. The van der Waals surface area contributed by atoms with E-state index in [0.717, 1.165) is 4.88 Å². The lowest BCUT2D eigenvalue weighted by atomic mass is 10.0. The number of carbonyl (C=O) groups is 1. The largest absolute Gasteiger partial charge is 0.379 e. The summed E-state index contributed by atoms with van der Waals surface area (Å²) in [6.07, 6.45) is 0. The number of thiophene rings is 1. The Hall–Kier alpha value is -1.26. The summed E-state index contributed by atoms with van der Waals surface area (Å²) in [6.45, 7) is 5.43. The van der Waals surface area contributed by atoms with E-state index >= 15 is 0 Å². The van der Waals surface area contributed by atoms with Gasteiger partial charge in [-0.2, -0.15) is 4.31 Å². The lowest BCUT2D eigenvalue weighted by Gasteiger charge is -2.26. The lowest BCUT2D eigenvalue weighted by Crippen LogP contribution is -2.40. The van der Waals surface area contributed by atoms with Crippen LogP contribution in [0.1, 0.15) is 35.1 Å². The van der Waals surface area contributed by atoms with Crippen molar-refractivity contribution < 1.29 is 17.9 Å². The van der Waals surface area contributed by atoms with Crippen LogP contribution in [0.5, 0.6) is 0 Å². The van der Waals surface area contributed by atoms with Crippen molar-refractivity contribution in [2.45, 2.75) is 24.8 Å². The minimum atomic E-state index is -3.71. The number of sulfonamides is 1. The lowest BCUT2D eigenvalue weighted by molar-refractivity contribution is 0.0730. The first-order valence-electron chi connectivity index (χ1n) is 9.02. The highest BCUT2D eigenvalue weighted by Crippen LogP contribution is 2.29. The van der Waals surface area contributed by atoms with E-state index in [1.165, 1.54) is 10.4 Å². The number of morpholine rings is 1. The summed E-state index contributed by atoms with van der Waals surface area (Å²) in [4.78, 5) is 14.0. The monoisotopic (exact) mass is 486 g/mol. The Balaban J connectivity index is 1.87. The fourth-order valence-electron chi connectivity index (χ4n) is 3.03. The van der Waals surface area contributed by atoms with Gasteiger partial charge in [-0.25, -0.2) is 8.42 Å². The zero-order valence-corrected chi connectivity index (χ0v) is 18.9. The number of hydrogen-bond donors (Lipinski definition) is 1. The van der Waals surface area contributed by atoms with Crippen molar-refractivity contribution in [3.05, 3.63) is 50.6 Å². The van der Waals surface area contributed by atoms with Crippen LogP contribution in [0.25, 0.3) is 0 Å².